The topological polar surface area (TPSA) is 60.9 Å². The molecule has 2 fully saturated rings. The van der Waals surface area contributed by atoms with Crippen LogP contribution in [0.15, 0.2) is 0 Å². The zero-order valence-electron chi connectivity index (χ0n) is 11.3. The lowest BCUT2D eigenvalue weighted by molar-refractivity contribution is -0.140. The Bertz CT molecular complexity index is 376. The third-order valence-corrected chi connectivity index (χ3v) is 5.91. The molecule has 2 heterocycles. The molecule has 2 aliphatic heterocycles. The highest BCUT2D eigenvalue weighted by molar-refractivity contribution is 8.00. The van der Waals surface area contributed by atoms with Gasteiger partial charge < -0.3 is 14.9 Å². The minimum absolute atomic E-state index is 0.115. The van der Waals surface area contributed by atoms with Crippen molar-refractivity contribution < 1.29 is 14.7 Å². The fourth-order valence-corrected chi connectivity index (χ4v) is 4.47. The Morgan fingerprint density at radius 3 is 2.74 bits per heavy atom. The molecule has 0 aliphatic carbocycles. The van der Waals surface area contributed by atoms with Crippen LogP contribution < -0.4 is 0 Å². The number of aliphatic carboxylic acids is 1. The lowest BCUT2D eigenvalue weighted by atomic mass is 10.1. The molecule has 7 heteroatoms. The smallest absolute Gasteiger partial charge is 0.327 e. The van der Waals surface area contributed by atoms with Gasteiger partial charge in [-0.25, -0.2) is 9.59 Å². The third kappa shape index (κ3) is 3.51. The average molecular weight is 304 g/mol. The molecule has 2 amide bonds. The number of amides is 2. The molecule has 0 spiro atoms. The summed E-state index contributed by atoms with van der Waals surface area (Å²) in [6, 6.07) is -0.780. The molecule has 108 valence electrons. The van der Waals surface area contributed by atoms with Crippen LogP contribution in [0.25, 0.3) is 0 Å². The number of hydrogen-bond donors (Lipinski definition) is 1. The van der Waals surface area contributed by atoms with Crippen molar-refractivity contribution in [3.63, 3.8) is 0 Å². The Hall–Kier alpha value is -0.560. The van der Waals surface area contributed by atoms with Gasteiger partial charge in [-0.05, 0) is 6.42 Å². The Kier molecular flexibility index (Phi) is 4.55. The molecular weight excluding hydrogens is 284 g/mol. The molecule has 0 aromatic carbocycles. The number of nitrogens with zero attached hydrogens (tertiary/aromatic N) is 2. The van der Waals surface area contributed by atoms with E-state index in [9.17, 15) is 9.59 Å². The summed E-state index contributed by atoms with van der Waals surface area (Å²) >= 11 is 3.39. The first-order chi connectivity index (χ1) is 8.91. The second-order valence-corrected chi connectivity index (χ2v) is 8.25. The van der Waals surface area contributed by atoms with E-state index in [-0.39, 0.29) is 10.8 Å². The molecule has 1 atom stereocenters. The average Bonchev–Trinajstić information content (AvgIpc) is 2.74. The minimum Gasteiger partial charge on any atom is -0.480 e. The van der Waals surface area contributed by atoms with Crippen molar-refractivity contribution in [2.45, 2.75) is 31.1 Å². The van der Waals surface area contributed by atoms with Gasteiger partial charge in [0.15, 0.2) is 0 Å². The lowest BCUT2D eigenvalue weighted by Crippen LogP contribution is -2.49. The van der Waals surface area contributed by atoms with Gasteiger partial charge in [0.05, 0.1) is 5.88 Å². The monoisotopic (exact) mass is 304 g/mol. The van der Waals surface area contributed by atoms with Gasteiger partial charge in [0.1, 0.15) is 6.04 Å². The molecule has 0 unspecified atom stereocenters. The zero-order chi connectivity index (χ0) is 14.0. The van der Waals surface area contributed by atoms with Crippen LogP contribution in [0.3, 0.4) is 0 Å². The summed E-state index contributed by atoms with van der Waals surface area (Å²) in [6.07, 6.45) is 0.947. The van der Waals surface area contributed by atoms with E-state index >= 15 is 0 Å². The normalized spacial score (nSPS) is 27.2. The highest BCUT2D eigenvalue weighted by Gasteiger charge is 2.37. The lowest BCUT2D eigenvalue weighted by Gasteiger charge is -2.29. The van der Waals surface area contributed by atoms with E-state index in [2.05, 4.69) is 13.8 Å². The molecule has 0 aromatic rings. The Morgan fingerprint density at radius 1 is 1.32 bits per heavy atom. The van der Waals surface area contributed by atoms with E-state index < -0.39 is 12.0 Å². The molecule has 0 aromatic heterocycles. The van der Waals surface area contributed by atoms with Crippen molar-refractivity contribution in [1.29, 1.82) is 0 Å². The predicted molar refractivity (Wildman–Crippen MR) is 78.7 cm³/mol. The van der Waals surface area contributed by atoms with Gasteiger partial charge in [-0.1, -0.05) is 13.8 Å². The van der Waals surface area contributed by atoms with Crippen LogP contribution in [-0.2, 0) is 4.79 Å². The maximum atomic E-state index is 12.4. The maximum Gasteiger partial charge on any atom is 0.327 e. The van der Waals surface area contributed by atoms with E-state index in [1.807, 2.05) is 16.7 Å². The van der Waals surface area contributed by atoms with E-state index in [0.29, 0.717) is 24.7 Å². The highest BCUT2D eigenvalue weighted by Crippen LogP contribution is 2.31. The standard InChI is InChI=1S/C12H20N2O3S2/c1-12(2)3-4-13(5-6-19-12)11(17)14-8-18-7-9(14)10(15)16/h9H,3-8H2,1-2H3,(H,15,16)/t9-/m0/s1. The van der Waals surface area contributed by atoms with E-state index in [0.717, 1.165) is 12.2 Å². The first-order valence-corrected chi connectivity index (χ1v) is 8.55. The molecule has 0 bridgehead atoms. The quantitative estimate of drug-likeness (QED) is 0.800. The Morgan fingerprint density at radius 2 is 2.05 bits per heavy atom. The van der Waals surface area contributed by atoms with Gasteiger partial charge in [0, 0.05) is 29.3 Å². The number of carbonyl (C=O) groups is 2. The molecule has 2 aliphatic rings. The van der Waals surface area contributed by atoms with Crippen LogP contribution in [0.5, 0.6) is 0 Å². The van der Waals surface area contributed by atoms with E-state index in [4.69, 9.17) is 5.11 Å². The highest BCUT2D eigenvalue weighted by atomic mass is 32.2. The number of hydrogen-bond acceptors (Lipinski definition) is 4. The van der Waals surface area contributed by atoms with E-state index in [1.165, 1.54) is 16.7 Å². The molecule has 2 rings (SSSR count). The molecule has 5 nitrogen and oxygen atoms in total. The van der Waals surface area contributed by atoms with Crippen molar-refractivity contribution in [3.05, 3.63) is 0 Å². The SMILES string of the molecule is CC1(C)CCN(C(=O)N2CSC[C@H]2C(=O)O)CCS1. The summed E-state index contributed by atoms with van der Waals surface area (Å²) in [5, 5.41) is 9.14. The van der Waals surface area contributed by atoms with Crippen LogP contribution in [0, 0.1) is 0 Å². The van der Waals surface area contributed by atoms with Crippen LogP contribution >= 0.6 is 23.5 Å². The van der Waals surface area contributed by atoms with Crippen molar-refractivity contribution >= 4 is 35.5 Å². The Balaban J connectivity index is 2.01. The van der Waals surface area contributed by atoms with Crippen LogP contribution in [-0.4, -0.2) is 68.2 Å². The van der Waals surface area contributed by atoms with Crippen molar-refractivity contribution in [2.24, 2.45) is 0 Å². The summed E-state index contributed by atoms with van der Waals surface area (Å²) in [5.41, 5.74) is 0. The number of carbonyl (C=O) groups excluding carboxylic acids is 1. The fraction of sp³-hybridized carbons (Fsp3) is 0.833. The summed E-state index contributed by atoms with van der Waals surface area (Å²) in [7, 11) is 0. The second kappa shape index (κ2) is 5.83. The predicted octanol–water partition coefficient (Wildman–Crippen LogP) is 1.78. The fourth-order valence-electron chi connectivity index (χ4n) is 2.23. The number of urea groups is 1. The molecule has 0 radical (unpaired) electrons. The second-order valence-electron chi connectivity index (χ2n) is 5.45. The van der Waals surface area contributed by atoms with Gasteiger partial charge in [0.25, 0.3) is 0 Å². The number of thioether (sulfide) groups is 2. The number of carboxylic acids is 1. The minimum atomic E-state index is -0.900. The maximum absolute atomic E-state index is 12.4. The molecule has 2 saturated heterocycles. The first-order valence-electron chi connectivity index (χ1n) is 6.41. The molecule has 0 saturated carbocycles. The summed E-state index contributed by atoms with van der Waals surface area (Å²) in [6.45, 7) is 5.81. The van der Waals surface area contributed by atoms with Gasteiger partial charge in [0.2, 0.25) is 0 Å². The van der Waals surface area contributed by atoms with Gasteiger partial charge >= 0.3 is 12.0 Å². The molecular formula is C12H20N2O3S2. The van der Waals surface area contributed by atoms with Crippen LogP contribution in [0.2, 0.25) is 0 Å². The summed E-state index contributed by atoms with van der Waals surface area (Å²) in [5.74, 6) is 0.998. The summed E-state index contributed by atoms with van der Waals surface area (Å²) < 4.78 is 0.195. The van der Waals surface area contributed by atoms with Gasteiger partial charge in [-0.15, -0.1) is 11.8 Å². The van der Waals surface area contributed by atoms with Gasteiger partial charge in [-0.3, -0.25) is 0 Å². The van der Waals surface area contributed by atoms with Crippen molar-refractivity contribution in [1.82, 2.24) is 9.80 Å². The first kappa shape index (κ1) is 14.8. The van der Waals surface area contributed by atoms with E-state index in [1.54, 1.807) is 0 Å². The van der Waals surface area contributed by atoms with Gasteiger partial charge in [-0.2, -0.15) is 11.8 Å². The Labute approximate surface area is 122 Å². The number of carboxylic acid groups (broad SMARTS) is 1. The summed E-state index contributed by atoms with van der Waals surface area (Å²) in [4.78, 5) is 26.9. The van der Waals surface area contributed by atoms with Crippen LogP contribution in [0.4, 0.5) is 4.79 Å². The van der Waals surface area contributed by atoms with Crippen molar-refractivity contribution in [2.75, 3.05) is 30.5 Å². The molecule has 19 heavy (non-hydrogen) atoms. The molecule has 1 N–H and O–H groups in total. The zero-order valence-corrected chi connectivity index (χ0v) is 12.9. The third-order valence-electron chi connectivity index (χ3n) is 3.52. The largest absolute Gasteiger partial charge is 0.480 e. The van der Waals surface area contributed by atoms with Crippen LogP contribution in [0.1, 0.15) is 20.3 Å². The number of rotatable bonds is 1. The van der Waals surface area contributed by atoms with Crippen molar-refractivity contribution in [3.8, 4) is 0 Å².